The van der Waals surface area contributed by atoms with Crippen LogP contribution < -0.4 is 5.32 Å². The molecular formula is C9H12ClFN2. The Balaban J connectivity index is 0.000000396. The summed E-state index contributed by atoms with van der Waals surface area (Å²) in [7, 11) is 0.500. The van der Waals surface area contributed by atoms with E-state index in [4.69, 9.17) is 11.6 Å². The molecular weight excluding hydrogens is 191 g/mol. The topological polar surface area (TPSA) is 24.9 Å². The lowest BCUT2D eigenvalue weighted by Gasteiger charge is -2.27. The molecule has 0 aromatic carbocycles. The van der Waals surface area contributed by atoms with Crippen molar-refractivity contribution in [1.82, 2.24) is 10.3 Å². The molecule has 1 saturated heterocycles. The minimum Gasteiger partial charge on any atom is -0.315 e. The Bertz CT molecular complexity index is 264. The summed E-state index contributed by atoms with van der Waals surface area (Å²) in [5.74, 6) is 0.626. The van der Waals surface area contributed by atoms with Gasteiger partial charge >= 0.3 is 0 Å². The Morgan fingerprint density at radius 2 is 2.15 bits per heavy atom. The van der Waals surface area contributed by atoms with Crippen molar-refractivity contribution in [2.75, 3.05) is 20.3 Å². The molecule has 13 heavy (non-hydrogen) atoms. The lowest BCUT2D eigenvalue weighted by molar-refractivity contribution is 0.447. The highest BCUT2D eigenvalue weighted by atomic mass is 35.5. The highest BCUT2D eigenvalue weighted by Crippen LogP contribution is 2.20. The number of hydrogen-bond acceptors (Lipinski definition) is 2. The first-order valence-corrected chi connectivity index (χ1v) is 4.43. The van der Waals surface area contributed by atoms with Gasteiger partial charge in [0.2, 0.25) is 0 Å². The number of halogens is 2. The highest BCUT2D eigenvalue weighted by Gasteiger charge is 2.18. The van der Waals surface area contributed by atoms with Gasteiger partial charge in [-0.05, 0) is 11.6 Å². The predicted octanol–water partition coefficient (Wildman–Crippen LogP) is 2.01. The molecule has 1 aromatic rings. The molecule has 4 heteroatoms. The van der Waals surface area contributed by atoms with E-state index in [-0.39, 0.29) is 0 Å². The van der Waals surface area contributed by atoms with Gasteiger partial charge in [0.15, 0.2) is 0 Å². The first-order chi connectivity index (χ1) is 6.36. The van der Waals surface area contributed by atoms with Crippen LogP contribution in [0.4, 0.5) is 4.39 Å². The molecule has 0 unspecified atom stereocenters. The molecule has 0 amide bonds. The zero-order chi connectivity index (χ0) is 9.68. The van der Waals surface area contributed by atoms with E-state index in [0.29, 0.717) is 13.1 Å². The second kappa shape index (κ2) is 5.14. The zero-order valence-electron chi connectivity index (χ0n) is 7.43. The number of rotatable bonds is 1. The van der Waals surface area contributed by atoms with Gasteiger partial charge in [0, 0.05) is 31.4 Å². The maximum absolute atomic E-state index is 9.50. The lowest BCUT2D eigenvalue weighted by Crippen LogP contribution is -2.39. The van der Waals surface area contributed by atoms with Crippen LogP contribution in [-0.4, -0.2) is 25.3 Å². The second-order valence-electron chi connectivity index (χ2n) is 2.79. The van der Waals surface area contributed by atoms with Gasteiger partial charge in [-0.25, -0.2) is 0 Å². The van der Waals surface area contributed by atoms with Crippen LogP contribution in [0.2, 0.25) is 5.02 Å². The van der Waals surface area contributed by atoms with E-state index in [2.05, 4.69) is 10.3 Å². The minimum atomic E-state index is 0.500. The molecule has 0 radical (unpaired) electrons. The molecule has 1 aliphatic rings. The molecule has 0 saturated carbocycles. The van der Waals surface area contributed by atoms with E-state index in [0.717, 1.165) is 18.1 Å². The molecule has 72 valence electrons. The summed E-state index contributed by atoms with van der Waals surface area (Å²) >= 11 is 5.79. The smallest absolute Gasteiger partial charge is 0.0785 e. The third kappa shape index (κ3) is 2.64. The SMILES string of the molecule is CF.Clc1cncc(C2CNC2)c1. The Labute approximate surface area is 82.1 Å². The molecule has 1 aliphatic heterocycles. The number of hydrogen-bond donors (Lipinski definition) is 1. The fourth-order valence-electron chi connectivity index (χ4n) is 1.18. The molecule has 2 nitrogen and oxygen atoms in total. The monoisotopic (exact) mass is 202 g/mol. The van der Waals surface area contributed by atoms with Crippen molar-refractivity contribution in [3.8, 4) is 0 Å². The van der Waals surface area contributed by atoms with E-state index in [1.807, 2.05) is 12.3 Å². The second-order valence-corrected chi connectivity index (χ2v) is 3.23. The maximum atomic E-state index is 9.50. The van der Waals surface area contributed by atoms with Crippen LogP contribution in [0.3, 0.4) is 0 Å². The summed E-state index contributed by atoms with van der Waals surface area (Å²) in [5.41, 5.74) is 1.25. The van der Waals surface area contributed by atoms with Crippen molar-refractivity contribution >= 4 is 11.6 Å². The van der Waals surface area contributed by atoms with Crippen LogP contribution in [-0.2, 0) is 0 Å². The molecule has 2 rings (SSSR count). The van der Waals surface area contributed by atoms with E-state index >= 15 is 0 Å². The molecule has 0 aliphatic carbocycles. The van der Waals surface area contributed by atoms with Crippen LogP contribution in [0.5, 0.6) is 0 Å². The van der Waals surface area contributed by atoms with E-state index in [1.54, 1.807) is 6.20 Å². The molecule has 1 aromatic heterocycles. The minimum absolute atomic E-state index is 0.500. The van der Waals surface area contributed by atoms with Crippen LogP contribution in [0.1, 0.15) is 11.5 Å². The Morgan fingerprint density at radius 3 is 2.62 bits per heavy atom. The Hall–Kier alpha value is -0.670. The van der Waals surface area contributed by atoms with Gasteiger partial charge in [-0.3, -0.25) is 9.37 Å². The van der Waals surface area contributed by atoms with Crippen molar-refractivity contribution in [3.63, 3.8) is 0 Å². The summed E-state index contributed by atoms with van der Waals surface area (Å²) in [6, 6.07) is 1.99. The standard InChI is InChI=1S/C8H9ClN2.CH3F/c9-8-1-6(2-11-5-8)7-3-10-4-7;1-2/h1-2,5,7,10H,3-4H2;1H3. The molecule has 0 bridgehead atoms. The summed E-state index contributed by atoms with van der Waals surface area (Å²) < 4.78 is 9.50. The highest BCUT2D eigenvalue weighted by molar-refractivity contribution is 6.30. The summed E-state index contributed by atoms with van der Waals surface area (Å²) in [6.07, 6.45) is 3.55. The van der Waals surface area contributed by atoms with E-state index in [9.17, 15) is 4.39 Å². The first-order valence-electron chi connectivity index (χ1n) is 4.05. The van der Waals surface area contributed by atoms with Gasteiger partial charge < -0.3 is 5.32 Å². The number of nitrogens with one attached hydrogen (secondary N) is 1. The van der Waals surface area contributed by atoms with Gasteiger partial charge in [0.25, 0.3) is 0 Å². The quantitative estimate of drug-likeness (QED) is 0.754. The van der Waals surface area contributed by atoms with E-state index in [1.165, 1.54) is 5.56 Å². The van der Waals surface area contributed by atoms with Crippen molar-refractivity contribution < 1.29 is 4.39 Å². The molecule has 1 fully saturated rings. The molecule has 0 atom stereocenters. The van der Waals surface area contributed by atoms with Crippen molar-refractivity contribution in [3.05, 3.63) is 29.0 Å². The van der Waals surface area contributed by atoms with Crippen LogP contribution in [0, 0.1) is 0 Å². The molecule has 1 N–H and O–H groups in total. The van der Waals surface area contributed by atoms with Crippen molar-refractivity contribution in [2.24, 2.45) is 0 Å². The van der Waals surface area contributed by atoms with Gasteiger partial charge in [-0.1, -0.05) is 11.6 Å². The average Bonchev–Trinajstić information content (AvgIpc) is 2.05. The van der Waals surface area contributed by atoms with E-state index < -0.39 is 0 Å². The predicted molar refractivity (Wildman–Crippen MR) is 51.9 cm³/mol. The van der Waals surface area contributed by atoms with Gasteiger partial charge in [0.1, 0.15) is 0 Å². The third-order valence-corrected chi connectivity index (χ3v) is 2.19. The van der Waals surface area contributed by atoms with Gasteiger partial charge in [-0.15, -0.1) is 0 Å². The lowest BCUT2D eigenvalue weighted by atomic mass is 9.95. The third-order valence-electron chi connectivity index (χ3n) is 1.98. The van der Waals surface area contributed by atoms with Crippen LogP contribution in [0.25, 0.3) is 0 Å². The van der Waals surface area contributed by atoms with Crippen molar-refractivity contribution in [2.45, 2.75) is 5.92 Å². The fraction of sp³-hybridized carbons (Fsp3) is 0.444. The van der Waals surface area contributed by atoms with Gasteiger partial charge in [-0.2, -0.15) is 0 Å². The maximum Gasteiger partial charge on any atom is 0.0785 e. The van der Waals surface area contributed by atoms with Crippen LogP contribution in [0.15, 0.2) is 18.5 Å². The van der Waals surface area contributed by atoms with Crippen molar-refractivity contribution in [1.29, 1.82) is 0 Å². The summed E-state index contributed by atoms with van der Waals surface area (Å²) in [6.45, 7) is 2.12. The van der Waals surface area contributed by atoms with Gasteiger partial charge in [0.05, 0.1) is 12.2 Å². The first kappa shape index (κ1) is 10.4. The zero-order valence-corrected chi connectivity index (χ0v) is 8.18. The largest absolute Gasteiger partial charge is 0.315 e. The fourth-order valence-corrected chi connectivity index (χ4v) is 1.36. The summed E-state index contributed by atoms with van der Waals surface area (Å²) in [4.78, 5) is 4.03. The number of aromatic nitrogens is 1. The normalized spacial score (nSPS) is 15.6. The number of alkyl halides is 1. The average molecular weight is 203 g/mol. The Morgan fingerprint density at radius 1 is 1.46 bits per heavy atom. The summed E-state index contributed by atoms with van der Waals surface area (Å²) in [5, 5.41) is 3.94. The molecule has 2 heterocycles. The number of nitrogens with zero attached hydrogens (tertiary/aromatic N) is 1. The molecule has 0 spiro atoms. The Kier molecular flexibility index (Phi) is 4.12. The number of pyridine rings is 1. The van der Waals surface area contributed by atoms with Crippen LogP contribution >= 0.6 is 11.6 Å².